The Hall–Kier alpha value is -2.62. The van der Waals surface area contributed by atoms with Crippen LogP contribution in [0.15, 0.2) is 53.4 Å². The predicted molar refractivity (Wildman–Crippen MR) is 124 cm³/mol. The lowest BCUT2D eigenvalue weighted by Crippen LogP contribution is -2.43. The summed E-state index contributed by atoms with van der Waals surface area (Å²) in [5, 5.41) is 0.885. The molecule has 1 saturated heterocycles. The maximum Gasteiger partial charge on any atom is 0.243 e. The number of para-hydroxylation sites is 1. The van der Waals surface area contributed by atoms with Gasteiger partial charge in [0.2, 0.25) is 15.9 Å². The predicted octanol–water partition coefficient (Wildman–Crippen LogP) is 3.56. The number of amides is 1. The van der Waals surface area contributed by atoms with E-state index in [1.165, 1.54) is 35.5 Å². The van der Waals surface area contributed by atoms with E-state index in [1.54, 1.807) is 23.3 Å². The molecule has 0 atom stereocenters. The average molecular weight is 472 g/mol. The minimum atomic E-state index is -3.65. The van der Waals surface area contributed by atoms with Gasteiger partial charge in [0.05, 0.1) is 21.7 Å². The number of fused-ring (bicyclic) bond motifs is 1. The van der Waals surface area contributed by atoms with Crippen molar-refractivity contribution in [1.82, 2.24) is 14.2 Å². The first kappa shape index (κ1) is 22.6. The molecule has 3 aromatic rings. The number of hydrogen-bond donors (Lipinski definition) is 0. The quantitative estimate of drug-likeness (QED) is 0.513. The molecule has 1 fully saturated rings. The molecule has 0 saturated carbocycles. The Morgan fingerprint density at radius 2 is 1.75 bits per heavy atom. The van der Waals surface area contributed by atoms with Crippen molar-refractivity contribution < 1.29 is 18.0 Å². The zero-order chi connectivity index (χ0) is 22.9. The van der Waals surface area contributed by atoms with Gasteiger partial charge >= 0.3 is 0 Å². The van der Waals surface area contributed by atoms with Gasteiger partial charge in [-0.05, 0) is 44.0 Å². The molecule has 1 amide bonds. The number of ketones is 1. The standard InChI is InChI=1S/C23H25N3O4S2/c1-16(27)17-7-9-19(10-8-17)32(29,30)26-13-11-18(12-14-26)23(28)25(2)15-22-24-20-5-3-4-6-21(20)31-22/h3-10,18H,11-15H2,1-2H3. The fourth-order valence-electron chi connectivity index (χ4n) is 3.93. The largest absolute Gasteiger partial charge is 0.339 e. The van der Waals surface area contributed by atoms with E-state index in [0.717, 1.165) is 15.2 Å². The van der Waals surface area contributed by atoms with Crippen molar-refractivity contribution in [2.45, 2.75) is 31.2 Å². The first-order valence-corrected chi connectivity index (χ1v) is 12.7. The Labute approximate surface area is 191 Å². The Balaban J connectivity index is 1.36. The third-order valence-electron chi connectivity index (χ3n) is 5.79. The van der Waals surface area contributed by atoms with Crippen LogP contribution in [0.3, 0.4) is 0 Å². The van der Waals surface area contributed by atoms with Crippen LogP contribution in [0.4, 0.5) is 0 Å². The third kappa shape index (κ3) is 4.60. The van der Waals surface area contributed by atoms with Crippen molar-refractivity contribution in [2.75, 3.05) is 20.1 Å². The normalized spacial score (nSPS) is 15.7. The van der Waals surface area contributed by atoms with E-state index in [4.69, 9.17) is 0 Å². The number of benzene rings is 2. The second kappa shape index (κ2) is 9.09. The summed E-state index contributed by atoms with van der Waals surface area (Å²) in [6.07, 6.45) is 0.960. The average Bonchev–Trinajstić information content (AvgIpc) is 3.21. The Morgan fingerprint density at radius 1 is 1.09 bits per heavy atom. The molecule has 0 bridgehead atoms. The lowest BCUT2D eigenvalue weighted by Gasteiger charge is -2.32. The molecule has 2 aromatic carbocycles. The van der Waals surface area contributed by atoms with Crippen molar-refractivity contribution in [3.8, 4) is 0 Å². The molecule has 0 aliphatic carbocycles. The fourth-order valence-corrected chi connectivity index (χ4v) is 6.42. The van der Waals surface area contributed by atoms with Crippen molar-refractivity contribution in [3.63, 3.8) is 0 Å². The first-order chi connectivity index (χ1) is 15.3. The number of piperidine rings is 1. The van der Waals surface area contributed by atoms with Gasteiger partial charge in [-0.2, -0.15) is 4.31 Å². The molecule has 9 heteroatoms. The number of thiazole rings is 1. The van der Waals surface area contributed by atoms with Crippen LogP contribution in [0, 0.1) is 5.92 Å². The topological polar surface area (TPSA) is 87.7 Å². The third-order valence-corrected chi connectivity index (χ3v) is 8.72. The number of rotatable bonds is 6. The second-order valence-corrected chi connectivity index (χ2v) is 11.1. The molecule has 1 aliphatic rings. The smallest absolute Gasteiger partial charge is 0.243 e. The number of aromatic nitrogens is 1. The molecule has 0 unspecified atom stereocenters. The van der Waals surface area contributed by atoms with Gasteiger partial charge in [0.1, 0.15) is 5.01 Å². The number of sulfonamides is 1. The van der Waals surface area contributed by atoms with Gasteiger partial charge in [0.25, 0.3) is 0 Å². The molecule has 4 rings (SSSR count). The van der Waals surface area contributed by atoms with Crippen LogP contribution in [0.1, 0.15) is 35.1 Å². The highest BCUT2D eigenvalue weighted by Gasteiger charge is 2.33. The van der Waals surface area contributed by atoms with Crippen LogP contribution in [-0.4, -0.2) is 54.4 Å². The molecular formula is C23H25N3O4S2. The molecule has 0 radical (unpaired) electrons. The van der Waals surface area contributed by atoms with E-state index >= 15 is 0 Å². The maximum atomic E-state index is 12.9. The fraction of sp³-hybridized carbons (Fsp3) is 0.348. The van der Waals surface area contributed by atoms with Crippen LogP contribution in [-0.2, 0) is 21.4 Å². The van der Waals surface area contributed by atoms with Gasteiger partial charge in [-0.1, -0.05) is 24.3 Å². The SMILES string of the molecule is CC(=O)c1ccc(S(=O)(=O)N2CCC(C(=O)N(C)Cc3nc4ccccc4s3)CC2)cc1. The number of hydrogen-bond acceptors (Lipinski definition) is 6. The van der Waals surface area contributed by atoms with Crippen LogP contribution in [0.5, 0.6) is 0 Å². The monoisotopic (exact) mass is 471 g/mol. The van der Waals surface area contributed by atoms with E-state index in [9.17, 15) is 18.0 Å². The highest BCUT2D eigenvalue weighted by molar-refractivity contribution is 7.89. The van der Waals surface area contributed by atoms with E-state index < -0.39 is 10.0 Å². The van der Waals surface area contributed by atoms with Crippen molar-refractivity contribution in [3.05, 3.63) is 59.1 Å². The van der Waals surface area contributed by atoms with Crippen LogP contribution < -0.4 is 0 Å². The molecule has 168 valence electrons. The molecule has 7 nitrogen and oxygen atoms in total. The lowest BCUT2D eigenvalue weighted by atomic mass is 9.97. The molecule has 1 aromatic heterocycles. The van der Waals surface area contributed by atoms with E-state index in [0.29, 0.717) is 38.0 Å². The minimum Gasteiger partial charge on any atom is -0.339 e. The van der Waals surface area contributed by atoms with Gasteiger partial charge in [0.15, 0.2) is 5.78 Å². The lowest BCUT2D eigenvalue weighted by molar-refractivity contribution is -0.135. The summed E-state index contributed by atoms with van der Waals surface area (Å²) >= 11 is 1.58. The van der Waals surface area contributed by atoms with Gasteiger partial charge in [-0.3, -0.25) is 9.59 Å². The molecular weight excluding hydrogens is 446 g/mol. The van der Waals surface area contributed by atoms with Crippen LogP contribution >= 0.6 is 11.3 Å². The van der Waals surface area contributed by atoms with Crippen LogP contribution in [0.25, 0.3) is 10.2 Å². The molecule has 0 N–H and O–H groups in total. The van der Waals surface area contributed by atoms with Crippen molar-refractivity contribution >= 4 is 43.3 Å². The Bertz CT molecular complexity index is 1210. The summed E-state index contributed by atoms with van der Waals surface area (Å²) in [5.74, 6) is -0.295. The summed E-state index contributed by atoms with van der Waals surface area (Å²) in [7, 11) is -1.88. The maximum absolute atomic E-state index is 12.9. The summed E-state index contributed by atoms with van der Waals surface area (Å²) in [6, 6.07) is 13.9. The molecule has 2 heterocycles. The number of carbonyl (C=O) groups is 2. The summed E-state index contributed by atoms with van der Waals surface area (Å²) in [6.45, 7) is 2.47. The van der Waals surface area contributed by atoms with E-state index in [1.807, 2.05) is 24.3 Å². The summed E-state index contributed by atoms with van der Waals surface area (Å²) in [5.41, 5.74) is 1.41. The second-order valence-electron chi connectivity index (χ2n) is 8.03. The number of nitrogens with zero attached hydrogens (tertiary/aromatic N) is 3. The summed E-state index contributed by atoms with van der Waals surface area (Å²) in [4.78, 5) is 30.8. The van der Waals surface area contributed by atoms with Crippen LogP contribution in [0.2, 0.25) is 0 Å². The molecule has 0 spiro atoms. The van der Waals surface area contributed by atoms with E-state index in [2.05, 4.69) is 4.98 Å². The van der Waals surface area contributed by atoms with Crippen molar-refractivity contribution in [2.24, 2.45) is 5.92 Å². The van der Waals surface area contributed by atoms with Gasteiger partial charge in [0, 0.05) is 31.6 Å². The zero-order valence-corrected chi connectivity index (χ0v) is 19.7. The Kier molecular flexibility index (Phi) is 6.41. The van der Waals surface area contributed by atoms with E-state index in [-0.39, 0.29) is 22.5 Å². The number of Topliss-reactive ketones (excluding diaryl/α,β-unsaturated/α-hetero) is 1. The minimum absolute atomic E-state index is 0.0205. The summed E-state index contributed by atoms with van der Waals surface area (Å²) < 4.78 is 28.4. The highest BCUT2D eigenvalue weighted by Crippen LogP contribution is 2.27. The number of carbonyl (C=O) groups excluding carboxylic acids is 2. The molecule has 32 heavy (non-hydrogen) atoms. The van der Waals surface area contributed by atoms with Crippen molar-refractivity contribution in [1.29, 1.82) is 0 Å². The Morgan fingerprint density at radius 3 is 2.38 bits per heavy atom. The highest BCUT2D eigenvalue weighted by atomic mass is 32.2. The van der Waals surface area contributed by atoms with Gasteiger partial charge in [-0.15, -0.1) is 11.3 Å². The first-order valence-electron chi connectivity index (χ1n) is 10.5. The zero-order valence-electron chi connectivity index (χ0n) is 18.0. The van der Waals surface area contributed by atoms with Gasteiger partial charge in [-0.25, -0.2) is 13.4 Å². The van der Waals surface area contributed by atoms with Gasteiger partial charge < -0.3 is 4.90 Å². The molecule has 1 aliphatic heterocycles.